The summed E-state index contributed by atoms with van der Waals surface area (Å²) in [5.74, 6) is 0.850. The van der Waals surface area contributed by atoms with Gasteiger partial charge in [0.1, 0.15) is 0 Å². The van der Waals surface area contributed by atoms with E-state index in [4.69, 9.17) is 5.11 Å². The maximum Gasteiger partial charge on any atom is 0.0431 e. The van der Waals surface area contributed by atoms with Gasteiger partial charge in [0, 0.05) is 19.7 Å². The molecule has 0 amide bonds. The van der Waals surface area contributed by atoms with Gasteiger partial charge in [-0.1, -0.05) is 0 Å². The van der Waals surface area contributed by atoms with Crippen LogP contribution < -0.4 is 0 Å². The summed E-state index contributed by atoms with van der Waals surface area (Å²) in [5.41, 5.74) is 0. The van der Waals surface area contributed by atoms with Crippen LogP contribution in [0.1, 0.15) is 25.7 Å². The highest BCUT2D eigenvalue weighted by molar-refractivity contribution is 4.72. The molecule has 0 bridgehead atoms. The van der Waals surface area contributed by atoms with Gasteiger partial charge in [-0.25, -0.2) is 0 Å². The topological polar surface area (TPSA) is 26.7 Å². The summed E-state index contributed by atoms with van der Waals surface area (Å²) in [5, 5.41) is 8.71. The molecule has 1 unspecified atom stereocenters. The molecule has 1 rings (SSSR count). The zero-order valence-corrected chi connectivity index (χ0v) is 10.3. The molecule has 0 saturated carbocycles. The SMILES string of the molecule is CN(CCCCO)CC1CCCN(C)C1. The number of hydrogen-bond acceptors (Lipinski definition) is 3. The number of piperidine rings is 1. The number of aliphatic hydroxyl groups is 1. The van der Waals surface area contributed by atoms with E-state index in [2.05, 4.69) is 23.9 Å². The van der Waals surface area contributed by atoms with Crippen molar-refractivity contribution in [1.82, 2.24) is 9.80 Å². The fourth-order valence-corrected chi connectivity index (χ4v) is 2.45. The molecule has 0 aliphatic carbocycles. The highest BCUT2D eigenvalue weighted by Gasteiger charge is 2.18. The highest BCUT2D eigenvalue weighted by Crippen LogP contribution is 2.15. The Labute approximate surface area is 94.1 Å². The first-order valence-electron chi connectivity index (χ1n) is 6.20. The van der Waals surface area contributed by atoms with E-state index in [1.54, 1.807) is 0 Å². The first-order chi connectivity index (χ1) is 7.22. The van der Waals surface area contributed by atoms with Crippen LogP contribution in [0.25, 0.3) is 0 Å². The van der Waals surface area contributed by atoms with E-state index in [0.717, 1.165) is 25.3 Å². The zero-order valence-electron chi connectivity index (χ0n) is 10.3. The van der Waals surface area contributed by atoms with E-state index < -0.39 is 0 Å². The third kappa shape index (κ3) is 5.50. The van der Waals surface area contributed by atoms with E-state index in [1.807, 2.05) is 0 Å². The molecular formula is C12H26N2O. The third-order valence-electron chi connectivity index (χ3n) is 3.24. The summed E-state index contributed by atoms with van der Waals surface area (Å²) in [7, 11) is 4.42. The van der Waals surface area contributed by atoms with Gasteiger partial charge in [-0.2, -0.15) is 0 Å². The lowest BCUT2D eigenvalue weighted by molar-refractivity contribution is 0.163. The Bertz CT molecular complexity index is 164. The molecule has 0 aromatic carbocycles. The zero-order chi connectivity index (χ0) is 11.1. The van der Waals surface area contributed by atoms with E-state index in [0.29, 0.717) is 6.61 Å². The normalized spacial score (nSPS) is 23.6. The minimum Gasteiger partial charge on any atom is -0.396 e. The second-order valence-electron chi connectivity index (χ2n) is 4.96. The summed E-state index contributed by atoms with van der Waals surface area (Å²) >= 11 is 0. The van der Waals surface area contributed by atoms with Crippen molar-refractivity contribution in [3.8, 4) is 0 Å². The lowest BCUT2D eigenvalue weighted by Gasteiger charge is -2.32. The molecule has 1 atom stereocenters. The Morgan fingerprint density at radius 2 is 2.20 bits per heavy atom. The number of nitrogens with zero attached hydrogens (tertiary/aromatic N) is 2. The van der Waals surface area contributed by atoms with Crippen molar-refractivity contribution in [2.75, 3.05) is 46.9 Å². The number of unbranched alkanes of at least 4 members (excludes halogenated alkanes) is 1. The van der Waals surface area contributed by atoms with Crippen LogP contribution in [0.2, 0.25) is 0 Å². The molecule has 1 aliphatic heterocycles. The van der Waals surface area contributed by atoms with Gasteiger partial charge < -0.3 is 14.9 Å². The first-order valence-corrected chi connectivity index (χ1v) is 6.20. The number of rotatable bonds is 6. The molecule has 0 aromatic heterocycles. The fourth-order valence-electron chi connectivity index (χ4n) is 2.45. The van der Waals surface area contributed by atoms with Gasteiger partial charge in [0.25, 0.3) is 0 Å². The van der Waals surface area contributed by atoms with Crippen molar-refractivity contribution in [1.29, 1.82) is 0 Å². The smallest absolute Gasteiger partial charge is 0.0431 e. The molecule has 3 heteroatoms. The van der Waals surface area contributed by atoms with Crippen molar-refractivity contribution in [2.24, 2.45) is 5.92 Å². The molecule has 1 heterocycles. The summed E-state index contributed by atoms with van der Waals surface area (Å²) in [6.45, 7) is 5.20. The Morgan fingerprint density at radius 1 is 1.40 bits per heavy atom. The van der Waals surface area contributed by atoms with Crippen LogP contribution in [-0.4, -0.2) is 61.8 Å². The standard InChI is InChI=1S/C12H26N2O/c1-13(7-3-4-9-15)10-12-6-5-8-14(2)11-12/h12,15H,3-11H2,1-2H3. The molecule has 0 spiro atoms. The lowest BCUT2D eigenvalue weighted by atomic mass is 9.98. The Hall–Kier alpha value is -0.120. The average molecular weight is 214 g/mol. The van der Waals surface area contributed by atoms with Crippen molar-refractivity contribution in [2.45, 2.75) is 25.7 Å². The van der Waals surface area contributed by atoms with Crippen molar-refractivity contribution < 1.29 is 5.11 Å². The van der Waals surface area contributed by atoms with Crippen LogP contribution in [0.4, 0.5) is 0 Å². The summed E-state index contributed by atoms with van der Waals surface area (Å²) in [6, 6.07) is 0. The predicted octanol–water partition coefficient (Wildman–Crippen LogP) is 1.03. The van der Waals surface area contributed by atoms with Crippen LogP contribution in [0.15, 0.2) is 0 Å². The number of hydrogen-bond donors (Lipinski definition) is 1. The molecule has 1 saturated heterocycles. The summed E-state index contributed by atoms with van der Waals surface area (Å²) in [6.07, 6.45) is 4.80. The van der Waals surface area contributed by atoms with Gasteiger partial charge in [0.15, 0.2) is 0 Å². The van der Waals surface area contributed by atoms with Crippen molar-refractivity contribution in [3.05, 3.63) is 0 Å². The summed E-state index contributed by atoms with van der Waals surface area (Å²) < 4.78 is 0. The molecule has 0 aromatic rings. The fraction of sp³-hybridized carbons (Fsp3) is 1.00. The van der Waals surface area contributed by atoms with Gasteiger partial charge in [-0.15, -0.1) is 0 Å². The van der Waals surface area contributed by atoms with Crippen molar-refractivity contribution >= 4 is 0 Å². The first kappa shape index (κ1) is 12.9. The lowest BCUT2D eigenvalue weighted by Crippen LogP contribution is -2.38. The van der Waals surface area contributed by atoms with E-state index in [-0.39, 0.29) is 0 Å². The van der Waals surface area contributed by atoms with Crippen LogP contribution in [-0.2, 0) is 0 Å². The predicted molar refractivity (Wildman–Crippen MR) is 64.0 cm³/mol. The molecule has 3 nitrogen and oxygen atoms in total. The van der Waals surface area contributed by atoms with Gasteiger partial charge in [-0.05, 0) is 58.8 Å². The maximum atomic E-state index is 8.71. The van der Waals surface area contributed by atoms with Gasteiger partial charge in [-0.3, -0.25) is 0 Å². The highest BCUT2D eigenvalue weighted by atomic mass is 16.2. The molecule has 90 valence electrons. The van der Waals surface area contributed by atoms with Gasteiger partial charge >= 0.3 is 0 Å². The summed E-state index contributed by atoms with van der Waals surface area (Å²) in [4.78, 5) is 4.86. The Kier molecular flexibility index (Phi) is 6.22. The van der Waals surface area contributed by atoms with Crippen LogP contribution >= 0.6 is 0 Å². The molecular weight excluding hydrogens is 188 g/mol. The average Bonchev–Trinajstić information content (AvgIpc) is 2.18. The van der Waals surface area contributed by atoms with E-state index >= 15 is 0 Å². The van der Waals surface area contributed by atoms with E-state index in [1.165, 1.54) is 32.5 Å². The van der Waals surface area contributed by atoms with Crippen LogP contribution in [0.3, 0.4) is 0 Å². The van der Waals surface area contributed by atoms with E-state index in [9.17, 15) is 0 Å². The second kappa shape index (κ2) is 7.20. The van der Waals surface area contributed by atoms with Crippen LogP contribution in [0.5, 0.6) is 0 Å². The minimum atomic E-state index is 0.333. The van der Waals surface area contributed by atoms with Crippen molar-refractivity contribution in [3.63, 3.8) is 0 Å². The number of aliphatic hydroxyl groups excluding tert-OH is 1. The maximum absolute atomic E-state index is 8.71. The number of likely N-dealkylation sites (tertiary alicyclic amines) is 1. The monoisotopic (exact) mass is 214 g/mol. The van der Waals surface area contributed by atoms with Gasteiger partial charge in [0.05, 0.1) is 0 Å². The third-order valence-corrected chi connectivity index (χ3v) is 3.24. The quantitative estimate of drug-likeness (QED) is 0.669. The molecule has 1 N–H and O–H groups in total. The largest absolute Gasteiger partial charge is 0.396 e. The molecule has 1 fully saturated rings. The molecule has 0 radical (unpaired) electrons. The molecule has 1 aliphatic rings. The molecule has 15 heavy (non-hydrogen) atoms. The Balaban J connectivity index is 2.10. The minimum absolute atomic E-state index is 0.333. The Morgan fingerprint density at radius 3 is 2.87 bits per heavy atom. The van der Waals surface area contributed by atoms with Gasteiger partial charge in [0.2, 0.25) is 0 Å². The second-order valence-corrected chi connectivity index (χ2v) is 4.96. The van der Waals surface area contributed by atoms with Crippen LogP contribution in [0, 0.1) is 5.92 Å².